The molecule has 1 amide bonds. The molecule has 1 aromatic rings. The lowest BCUT2D eigenvalue weighted by atomic mass is 9.83. The number of benzene rings is 1. The molecule has 2 heterocycles. The number of anilines is 1. The molecular formula is C16H22N4O4S. The van der Waals surface area contributed by atoms with Crippen LogP contribution in [0.3, 0.4) is 0 Å². The van der Waals surface area contributed by atoms with Gasteiger partial charge in [-0.25, -0.2) is 5.43 Å². The minimum atomic E-state index is -3.68. The molecule has 1 aromatic carbocycles. The highest BCUT2D eigenvalue weighted by atomic mass is 32.2. The van der Waals surface area contributed by atoms with E-state index in [0.29, 0.717) is 25.1 Å². The van der Waals surface area contributed by atoms with E-state index in [1.807, 2.05) is 43.3 Å². The molecule has 2 aliphatic rings. The molecule has 0 spiro atoms. The molecule has 2 unspecified atom stereocenters. The fraction of sp³-hybridized carbons (Fsp3) is 0.500. The number of hydrogen-bond acceptors (Lipinski definition) is 7. The highest BCUT2D eigenvalue weighted by Gasteiger charge is 2.44. The Labute approximate surface area is 147 Å². The first kappa shape index (κ1) is 17.8. The van der Waals surface area contributed by atoms with Crippen LogP contribution in [0.4, 0.5) is 5.69 Å². The van der Waals surface area contributed by atoms with E-state index in [1.54, 1.807) is 0 Å². The summed E-state index contributed by atoms with van der Waals surface area (Å²) in [6.45, 7) is 0.427. The quantitative estimate of drug-likeness (QED) is 0.837. The second-order valence-corrected chi connectivity index (χ2v) is 8.08. The molecule has 3 rings (SSSR count). The normalized spacial score (nSPS) is 24.3. The second kappa shape index (κ2) is 6.74. The fourth-order valence-electron chi connectivity index (χ4n) is 3.25. The minimum Gasteiger partial charge on any atom is -0.378 e. The van der Waals surface area contributed by atoms with E-state index >= 15 is 0 Å². The average molecular weight is 366 g/mol. The van der Waals surface area contributed by atoms with Crippen LogP contribution in [-0.2, 0) is 19.2 Å². The van der Waals surface area contributed by atoms with Crippen LogP contribution in [-0.4, -0.2) is 58.0 Å². The van der Waals surface area contributed by atoms with Crippen LogP contribution in [0, 0.1) is 5.92 Å². The van der Waals surface area contributed by atoms with Gasteiger partial charge >= 0.3 is 0 Å². The summed E-state index contributed by atoms with van der Waals surface area (Å²) in [5.41, 5.74) is 5.03. The molecule has 25 heavy (non-hydrogen) atoms. The van der Waals surface area contributed by atoms with Crippen LogP contribution < -0.4 is 10.3 Å². The van der Waals surface area contributed by atoms with Crippen molar-refractivity contribution in [1.29, 1.82) is 0 Å². The lowest BCUT2D eigenvalue weighted by molar-refractivity contribution is -0.142. The molecule has 0 saturated carbocycles. The zero-order valence-corrected chi connectivity index (χ0v) is 15.3. The standard InChI is InChI=1S/C16H22N4O4S/c1-19(2)12-8-6-11(7-9-12)14-15-13(16(21)18-17-14)5-4-10-20(15)24-25(3,22)23/h6-9,13,15H,4-5,10H2,1-3H3,(H,18,21). The Morgan fingerprint density at radius 1 is 1.28 bits per heavy atom. The molecule has 8 nitrogen and oxygen atoms in total. The predicted molar refractivity (Wildman–Crippen MR) is 94.6 cm³/mol. The first-order valence-corrected chi connectivity index (χ1v) is 9.89. The SMILES string of the molecule is CN(C)c1ccc(C2=NNC(=O)C3CCCN(OS(C)(=O)=O)C23)cc1. The van der Waals surface area contributed by atoms with Gasteiger partial charge in [-0.1, -0.05) is 12.1 Å². The van der Waals surface area contributed by atoms with Crippen molar-refractivity contribution in [2.45, 2.75) is 18.9 Å². The minimum absolute atomic E-state index is 0.208. The van der Waals surface area contributed by atoms with Gasteiger partial charge in [0.25, 0.3) is 10.1 Å². The Morgan fingerprint density at radius 3 is 2.56 bits per heavy atom. The van der Waals surface area contributed by atoms with Gasteiger partial charge in [0.05, 0.1) is 23.9 Å². The molecule has 0 aliphatic carbocycles. The predicted octanol–water partition coefficient (Wildman–Crippen LogP) is 0.558. The maximum absolute atomic E-state index is 12.2. The average Bonchev–Trinajstić information content (AvgIpc) is 2.54. The molecule has 2 aliphatic heterocycles. The van der Waals surface area contributed by atoms with Gasteiger partial charge in [-0.15, -0.1) is 0 Å². The highest BCUT2D eigenvalue weighted by Crippen LogP contribution is 2.30. The number of hydroxylamine groups is 2. The Bertz CT molecular complexity index is 789. The van der Waals surface area contributed by atoms with Gasteiger partial charge in [-0.3, -0.25) is 4.79 Å². The molecule has 1 N–H and O–H groups in total. The molecule has 9 heteroatoms. The first-order valence-electron chi connectivity index (χ1n) is 8.07. The number of hydrazone groups is 1. The topological polar surface area (TPSA) is 91.3 Å². The Hall–Kier alpha value is -1.97. The Morgan fingerprint density at radius 2 is 1.96 bits per heavy atom. The van der Waals surface area contributed by atoms with E-state index in [0.717, 1.165) is 17.5 Å². The third-order valence-electron chi connectivity index (χ3n) is 4.40. The molecule has 0 radical (unpaired) electrons. The largest absolute Gasteiger partial charge is 0.378 e. The highest BCUT2D eigenvalue weighted by molar-refractivity contribution is 7.85. The van der Waals surface area contributed by atoms with Gasteiger partial charge in [-0.2, -0.15) is 22.9 Å². The van der Waals surface area contributed by atoms with Crippen LogP contribution in [0.1, 0.15) is 18.4 Å². The summed E-state index contributed by atoms with van der Waals surface area (Å²) in [4.78, 5) is 14.2. The van der Waals surface area contributed by atoms with Crippen LogP contribution in [0.15, 0.2) is 29.4 Å². The number of nitrogens with one attached hydrogen (secondary N) is 1. The van der Waals surface area contributed by atoms with Crippen LogP contribution in [0.5, 0.6) is 0 Å². The van der Waals surface area contributed by atoms with Crippen LogP contribution in [0.25, 0.3) is 0 Å². The molecule has 1 saturated heterocycles. The lowest BCUT2D eigenvalue weighted by Gasteiger charge is -2.40. The molecule has 1 fully saturated rings. The number of rotatable bonds is 4. The van der Waals surface area contributed by atoms with Crippen molar-refractivity contribution >= 4 is 27.4 Å². The number of fused-ring (bicyclic) bond motifs is 1. The third kappa shape index (κ3) is 3.83. The number of nitrogens with zero attached hydrogens (tertiary/aromatic N) is 3. The number of carbonyl (C=O) groups excluding carboxylic acids is 1. The molecular weight excluding hydrogens is 344 g/mol. The van der Waals surface area contributed by atoms with Gasteiger partial charge < -0.3 is 4.90 Å². The number of piperidine rings is 1. The summed E-state index contributed by atoms with van der Waals surface area (Å²) in [6, 6.07) is 7.20. The van der Waals surface area contributed by atoms with Crippen molar-refractivity contribution in [2.75, 3.05) is 31.8 Å². The zero-order valence-electron chi connectivity index (χ0n) is 14.5. The number of hydrogen-bond donors (Lipinski definition) is 1. The van der Waals surface area contributed by atoms with Gasteiger partial charge in [0, 0.05) is 26.3 Å². The fourth-order valence-corrected chi connectivity index (χ4v) is 3.77. The van der Waals surface area contributed by atoms with Crippen molar-refractivity contribution < 1.29 is 17.5 Å². The number of amides is 1. The Balaban J connectivity index is 1.97. The first-order chi connectivity index (χ1) is 11.8. The van der Waals surface area contributed by atoms with Crippen molar-refractivity contribution in [1.82, 2.24) is 10.5 Å². The summed E-state index contributed by atoms with van der Waals surface area (Å²) in [7, 11) is 0.218. The number of carbonyl (C=O) groups is 1. The monoisotopic (exact) mass is 366 g/mol. The Kier molecular flexibility index (Phi) is 4.81. The lowest BCUT2D eigenvalue weighted by Crippen LogP contribution is -2.57. The van der Waals surface area contributed by atoms with Crippen molar-refractivity contribution in [3.8, 4) is 0 Å². The van der Waals surface area contributed by atoms with Gasteiger partial charge in [0.2, 0.25) is 5.91 Å². The van der Waals surface area contributed by atoms with Crippen molar-refractivity contribution in [2.24, 2.45) is 11.0 Å². The van der Waals surface area contributed by atoms with Gasteiger partial charge in [-0.05, 0) is 30.5 Å². The van der Waals surface area contributed by atoms with Gasteiger partial charge in [0.1, 0.15) is 0 Å². The summed E-state index contributed by atoms with van der Waals surface area (Å²) < 4.78 is 28.4. The molecule has 2 atom stereocenters. The molecule has 136 valence electrons. The zero-order chi connectivity index (χ0) is 18.2. The van der Waals surface area contributed by atoms with Crippen LogP contribution >= 0.6 is 0 Å². The molecule has 0 aromatic heterocycles. The van der Waals surface area contributed by atoms with E-state index in [1.165, 1.54) is 5.06 Å². The third-order valence-corrected chi connectivity index (χ3v) is 4.86. The van der Waals surface area contributed by atoms with E-state index in [9.17, 15) is 13.2 Å². The molecule has 0 bridgehead atoms. The summed E-state index contributed by atoms with van der Waals surface area (Å²) >= 11 is 0. The van der Waals surface area contributed by atoms with E-state index < -0.39 is 22.1 Å². The van der Waals surface area contributed by atoms with Crippen LogP contribution in [0.2, 0.25) is 0 Å². The van der Waals surface area contributed by atoms with E-state index in [4.69, 9.17) is 4.28 Å². The second-order valence-electron chi connectivity index (χ2n) is 6.53. The van der Waals surface area contributed by atoms with E-state index in [-0.39, 0.29) is 5.91 Å². The van der Waals surface area contributed by atoms with E-state index in [2.05, 4.69) is 10.5 Å². The maximum Gasteiger partial charge on any atom is 0.280 e. The summed E-state index contributed by atoms with van der Waals surface area (Å²) in [6.07, 6.45) is 2.34. The summed E-state index contributed by atoms with van der Waals surface area (Å²) in [5, 5.41) is 5.58. The maximum atomic E-state index is 12.2. The summed E-state index contributed by atoms with van der Waals surface area (Å²) in [5.74, 6) is -0.600. The van der Waals surface area contributed by atoms with Crippen molar-refractivity contribution in [3.63, 3.8) is 0 Å². The van der Waals surface area contributed by atoms with Crippen molar-refractivity contribution in [3.05, 3.63) is 29.8 Å². The smallest absolute Gasteiger partial charge is 0.280 e. The van der Waals surface area contributed by atoms with Gasteiger partial charge in [0.15, 0.2) is 0 Å².